The second kappa shape index (κ2) is 43.4. The van der Waals surface area contributed by atoms with Crippen LogP contribution in [0.4, 0.5) is 0 Å². The zero-order chi connectivity index (χ0) is 45.6. The smallest absolute Gasteiger partial charge is 0.306 e. The van der Waals surface area contributed by atoms with Gasteiger partial charge in [0.2, 0.25) is 0 Å². The van der Waals surface area contributed by atoms with E-state index < -0.39 is 18.1 Å². The molecule has 8 heteroatoms. The summed E-state index contributed by atoms with van der Waals surface area (Å²) in [6.07, 6.45) is 60.7. The maximum Gasteiger partial charge on any atom is 0.306 e. The van der Waals surface area contributed by atoms with Crippen molar-refractivity contribution in [2.45, 2.75) is 161 Å². The zero-order valence-electron chi connectivity index (χ0n) is 39.5. The van der Waals surface area contributed by atoms with Crippen LogP contribution in [0, 0.1) is 0 Å². The van der Waals surface area contributed by atoms with E-state index in [0.29, 0.717) is 6.42 Å². The van der Waals surface area contributed by atoms with Gasteiger partial charge in [-0.3, -0.25) is 9.59 Å². The largest absolute Gasteiger partial charge is 0.544 e. The van der Waals surface area contributed by atoms with Gasteiger partial charge in [0.1, 0.15) is 12.6 Å². The number of allylic oxidation sites excluding steroid dienone is 20. The van der Waals surface area contributed by atoms with E-state index in [4.69, 9.17) is 14.2 Å². The van der Waals surface area contributed by atoms with E-state index in [9.17, 15) is 19.5 Å². The normalized spacial score (nSPS) is 14.0. The molecule has 0 saturated carbocycles. The molecular formula is C54H85NO7. The van der Waals surface area contributed by atoms with Crippen molar-refractivity contribution in [1.82, 2.24) is 0 Å². The first-order valence-corrected chi connectivity index (χ1v) is 23.6. The number of aliphatic carboxylic acids is 1. The van der Waals surface area contributed by atoms with Crippen LogP contribution in [0.2, 0.25) is 0 Å². The molecule has 0 rings (SSSR count). The highest BCUT2D eigenvalue weighted by Gasteiger charge is 2.25. The Balaban J connectivity index is 4.45. The molecule has 0 aliphatic heterocycles. The molecule has 0 aromatic rings. The highest BCUT2D eigenvalue weighted by atomic mass is 16.6. The van der Waals surface area contributed by atoms with Gasteiger partial charge in [0.15, 0.2) is 6.10 Å². The molecule has 2 unspecified atom stereocenters. The van der Waals surface area contributed by atoms with Crippen LogP contribution in [0.1, 0.15) is 149 Å². The molecule has 0 bridgehead atoms. The van der Waals surface area contributed by atoms with E-state index in [1.54, 1.807) is 21.1 Å². The number of carboxylic acid groups (broad SMARTS) is 1. The monoisotopic (exact) mass is 860 g/mol. The zero-order valence-corrected chi connectivity index (χ0v) is 39.5. The van der Waals surface area contributed by atoms with Gasteiger partial charge in [0.25, 0.3) is 0 Å². The number of rotatable bonds is 40. The summed E-state index contributed by atoms with van der Waals surface area (Å²) < 4.78 is 17.1. The van der Waals surface area contributed by atoms with Gasteiger partial charge in [0.05, 0.1) is 40.3 Å². The number of quaternary nitrogens is 1. The van der Waals surface area contributed by atoms with E-state index in [1.165, 1.54) is 6.42 Å². The maximum atomic E-state index is 12.8. The summed E-state index contributed by atoms with van der Waals surface area (Å²) in [6.45, 7) is 4.38. The number of carbonyl (C=O) groups excluding carboxylic acids is 3. The molecule has 0 aliphatic carbocycles. The SMILES string of the molecule is CC/C=C/C/C=C/C/C=C/C/C=C/C/C=C/CCCCCCC(=O)OC(COCCC(C(=O)[O-])[N+](C)(C)C)COC(=O)CCCCCCC/C=C/C=C/C=C/C=C/C=C/CCC. The molecule has 2 atom stereocenters. The summed E-state index contributed by atoms with van der Waals surface area (Å²) in [5.41, 5.74) is 0. The summed E-state index contributed by atoms with van der Waals surface area (Å²) >= 11 is 0. The second-order valence-corrected chi connectivity index (χ2v) is 16.4. The molecule has 62 heavy (non-hydrogen) atoms. The molecule has 348 valence electrons. The summed E-state index contributed by atoms with van der Waals surface area (Å²) in [7, 11) is 5.38. The first-order chi connectivity index (χ1) is 30.1. The Morgan fingerprint density at radius 3 is 1.48 bits per heavy atom. The molecule has 8 nitrogen and oxygen atoms in total. The van der Waals surface area contributed by atoms with E-state index in [-0.39, 0.29) is 49.1 Å². The molecule has 0 spiro atoms. The average Bonchev–Trinajstić information content (AvgIpc) is 3.23. The highest BCUT2D eigenvalue weighted by molar-refractivity contribution is 5.70. The van der Waals surface area contributed by atoms with Crippen molar-refractivity contribution >= 4 is 17.9 Å². The molecule has 0 aromatic heterocycles. The Kier molecular flexibility index (Phi) is 40.4. The van der Waals surface area contributed by atoms with Gasteiger partial charge in [0, 0.05) is 19.3 Å². The minimum Gasteiger partial charge on any atom is -0.544 e. The van der Waals surface area contributed by atoms with E-state index >= 15 is 0 Å². The molecule has 0 N–H and O–H groups in total. The minimum atomic E-state index is -1.14. The van der Waals surface area contributed by atoms with Crippen LogP contribution in [0.15, 0.2) is 122 Å². The Hall–Kier alpha value is -4.27. The van der Waals surface area contributed by atoms with Crippen LogP contribution in [0.5, 0.6) is 0 Å². The predicted octanol–water partition coefficient (Wildman–Crippen LogP) is 12.1. The Morgan fingerprint density at radius 1 is 0.516 bits per heavy atom. The van der Waals surface area contributed by atoms with Crippen LogP contribution in [0.25, 0.3) is 0 Å². The predicted molar refractivity (Wildman–Crippen MR) is 258 cm³/mol. The van der Waals surface area contributed by atoms with Crippen molar-refractivity contribution < 1.29 is 38.2 Å². The number of esters is 2. The van der Waals surface area contributed by atoms with Gasteiger partial charge < -0.3 is 28.6 Å². The van der Waals surface area contributed by atoms with Crippen LogP contribution < -0.4 is 5.11 Å². The Labute approximate surface area is 378 Å². The van der Waals surface area contributed by atoms with Crippen molar-refractivity contribution in [1.29, 1.82) is 0 Å². The number of unbranched alkanes of at least 4 members (excludes halogenated alkanes) is 10. The summed E-state index contributed by atoms with van der Waals surface area (Å²) in [5.74, 6) is -1.82. The number of hydrogen-bond acceptors (Lipinski definition) is 7. The number of hydrogen-bond donors (Lipinski definition) is 0. The Bertz CT molecular complexity index is 1420. The molecule has 0 fully saturated rings. The number of carbonyl (C=O) groups is 3. The fraction of sp³-hybridized carbons (Fsp3) is 0.574. The minimum absolute atomic E-state index is 0.0124. The molecule has 0 saturated heterocycles. The molecule has 0 aliphatic rings. The van der Waals surface area contributed by atoms with Crippen molar-refractivity contribution in [3.8, 4) is 0 Å². The third kappa shape index (κ3) is 41.1. The molecule has 0 aromatic carbocycles. The lowest BCUT2D eigenvalue weighted by Gasteiger charge is -2.34. The first kappa shape index (κ1) is 57.7. The van der Waals surface area contributed by atoms with Crippen molar-refractivity contribution in [2.75, 3.05) is 41.0 Å². The van der Waals surface area contributed by atoms with Crippen molar-refractivity contribution in [3.05, 3.63) is 122 Å². The van der Waals surface area contributed by atoms with E-state index in [1.807, 2.05) is 36.5 Å². The number of carboxylic acids is 1. The van der Waals surface area contributed by atoms with Gasteiger partial charge in [-0.25, -0.2) is 0 Å². The fourth-order valence-electron chi connectivity index (χ4n) is 6.07. The van der Waals surface area contributed by atoms with Gasteiger partial charge in [-0.15, -0.1) is 0 Å². The van der Waals surface area contributed by atoms with Crippen LogP contribution >= 0.6 is 0 Å². The van der Waals surface area contributed by atoms with Crippen molar-refractivity contribution in [2.24, 2.45) is 0 Å². The van der Waals surface area contributed by atoms with Crippen LogP contribution in [-0.2, 0) is 28.6 Å². The standard InChI is InChI=1S/C54H85NO7/c1-6-8-10-12-14-16-18-20-22-24-26-27-29-31-33-35-37-39-41-43-45-53(57)62-50(48-60-47-46-51(54(58)59)55(3,4)5)49-61-52(56)44-42-40-38-36-34-32-30-28-25-23-21-19-17-15-13-11-9-7-2/h8,10-11,13-17,19-23,25-28,30-31,33,50-51H,6-7,9,12,18,24,29,32,34-49H2,1-5H3/b10-8+,13-11+,16-14+,17-15+,21-19+,22-20+,25-23+,27-26+,30-28+,33-31+. The summed E-state index contributed by atoms with van der Waals surface area (Å²) in [6, 6.07) is -0.744. The van der Waals surface area contributed by atoms with Gasteiger partial charge in [-0.05, 0) is 77.0 Å². The third-order valence-corrected chi connectivity index (χ3v) is 9.69. The molecule has 0 radical (unpaired) electrons. The van der Waals surface area contributed by atoms with Gasteiger partial charge in [-0.2, -0.15) is 0 Å². The van der Waals surface area contributed by atoms with Crippen LogP contribution in [-0.4, -0.2) is 75.5 Å². The quantitative estimate of drug-likeness (QED) is 0.0199. The van der Waals surface area contributed by atoms with Crippen LogP contribution in [0.3, 0.4) is 0 Å². The summed E-state index contributed by atoms with van der Waals surface area (Å²) in [4.78, 5) is 37.0. The first-order valence-electron chi connectivity index (χ1n) is 23.6. The van der Waals surface area contributed by atoms with E-state index in [2.05, 4.69) is 98.9 Å². The molecule has 0 heterocycles. The third-order valence-electron chi connectivity index (χ3n) is 9.69. The number of nitrogens with zero attached hydrogens (tertiary/aromatic N) is 1. The fourth-order valence-corrected chi connectivity index (χ4v) is 6.07. The van der Waals surface area contributed by atoms with E-state index in [0.717, 1.165) is 109 Å². The highest BCUT2D eigenvalue weighted by Crippen LogP contribution is 2.12. The summed E-state index contributed by atoms with van der Waals surface area (Å²) in [5, 5.41) is 11.6. The topological polar surface area (TPSA) is 102 Å². The average molecular weight is 860 g/mol. The lowest BCUT2D eigenvalue weighted by Crippen LogP contribution is -2.55. The van der Waals surface area contributed by atoms with Crippen molar-refractivity contribution in [3.63, 3.8) is 0 Å². The number of likely N-dealkylation sites (N-methyl/N-ethyl adjacent to an activating group) is 1. The maximum absolute atomic E-state index is 12.8. The second-order valence-electron chi connectivity index (χ2n) is 16.4. The lowest BCUT2D eigenvalue weighted by molar-refractivity contribution is -0.889. The van der Waals surface area contributed by atoms with Gasteiger partial charge >= 0.3 is 11.9 Å². The Morgan fingerprint density at radius 2 is 0.968 bits per heavy atom. The van der Waals surface area contributed by atoms with Gasteiger partial charge in [-0.1, -0.05) is 174 Å². The number of ether oxygens (including phenoxy) is 3. The molecule has 0 amide bonds. The lowest BCUT2D eigenvalue weighted by atomic mass is 10.1. The molecular weight excluding hydrogens is 775 g/mol.